The first-order valence-electron chi connectivity index (χ1n) is 8.57. The van der Waals surface area contributed by atoms with E-state index in [1.54, 1.807) is 0 Å². The number of aryl methyl sites for hydroxylation is 1. The summed E-state index contributed by atoms with van der Waals surface area (Å²) in [5.41, 5.74) is 1.84. The number of nitrogens with one attached hydrogen (secondary N) is 1. The molecule has 2 rings (SSSR count). The first-order chi connectivity index (χ1) is 10.1. The summed E-state index contributed by atoms with van der Waals surface area (Å²) >= 11 is 0. The van der Waals surface area contributed by atoms with E-state index >= 15 is 0 Å². The van der Waals surface area contributed by atoms with Crippen molar-refractivity contribution < 1.29 is 4.42 Å². The molecule has 1 fully saturated rings. The number of likely N-dealkylation sites (tertiary alicyclic amines) is 1. The lowest BCUT2D eigenvalue weighted by Gasteiger charge is -2.38. The Hall–Kier alpha value is -0.800. The second kappa shape index (κ2) is 7.46. The number of furan rings is 1. The fraction of sp³-hybridized carbons (Fsp3) is 0.778. The Labute approximate surface area is 130 Å². The van der Waals surface area contributed by atoms with Crippen LogP contribution in [0, 0.1) is 12.3 Å². The van der Waals surface area contributed by atoms with Gasteiger partial charge in [0.15, 0.2) is 0 Å². The fourth-order valence-electron chi connectivity index (χ4n) is 3.05. The van der Waals surface area contributed by atoms with Crippen LogP contribution in [-0.4, -0.2) is 24.5 Å². The van der Waals surface area contributed by atoms with E-state index in [9.17, 15) is 0 Å². The average Bonchev–Trinajstić information content (AvgIpc) is 2.82. The summed E-state index contributed by atoms with van der Waals surface area (Å²) in [6.45, 7) is 14.4. The number of hydrogen-bond donors (Lipinski definition) is 1. The van der Waals surface area contributed by atoms with E-state index in [-0.39, 0.29) is 0 Å². The van der Waals surface area contributed by atoms with E-state index in [4.69, 9.17) is 4.42 Å². The largest absolute Gasteiger partial charge is 0.463 e. The predicted octanol–water partition coefficient (Wildman–Crippen LogP) is 4.10. The number of nitrogens with zero attached hydrogens (tertiary/aromatic N) is 1. The average molecular weight is 292 g/mol. The molecule has 3 heteroatoms. The molecule has 1 saturated heterocycles. The van der Waals surface area contributed by atoms with Crippen LogP contribution in [0.3, 0.4) is 0 Å². The quantitative estimate of drug-likeness (QED) is 0.767. The van der Waals surface area contributed by atoms with Crippen LogP contribution in [0.4, 0.5) is 0 Å². The summed E-state index contributed by atoms with van der Waals surface area (Å²) < 4.78 is 6.04. The van der Waals surface area contributed by atoms with Crippen LogP contribution in [0.1, 0.15) is 63.5 Å². The number of hydrogen-bond acceptors (Lipinski definition) is 3. The van der Waals surface area contributed by atoms with Gasteiger partial charge in [0, 0.05) is 0 Å². The Morgan fingerprint density at radius 1 is 1.29 bits per heavy atom. The maximum Gasteiger partial charge on any atom is 0.120 e. The lowest BCUT2D eigenvalue weighted by molar-refractivity contribution is 0.103. The highest BCUT2D eigenvalue weighted by atomic mass is 16.3. The highest BCUT2D eigenvalue weighted by Gasteiger charge is 2.28. The second-order valence-corrected chi connectivity index (χ2v) is 6.94. The molecule has 0 amide bonds. The second-order valence-electron chi connectivity index (χ2n) is 6.94. The maximum atomic E-state index is 6.04. The number of rotatable bonds is 7. The van der Waals surface area contributed by atoms with Gasteiger partial charge in [0.1, 0.15) is 11.5 Å². The third-order valence-electron chi connectivity index (χ3n) is 5.08. The Kier molecular flexibility index (Phi) is 5.88. The van der Waals surface area contributed by atoms with E-state index in [0.717, 1.165) is 37.6 Å². The van der Waals surface area contributed by atoms with Gasteiger partial charge in [-0.2, -0.15) is 0 Å². The summed E-state index contributed by atoms with van der Waals surface area (Å²) in [5, 5.41) is 3.42. The van der Waals surface area contributed by atoms with Crippen LogP contribution in [0.25, 0.3) is 0 Å². The van der Waals surface area contributed by atoms with Crippen LogP contribution >= 0.6 is 0 Å². The molecular weight excluding hydrogens is 260 g/mol. The zero-order valence-electron chi connectivity index (χ0n) is 14.3. The van der Waals surface area contributed by atoms with Gasteiger partial charge in [-0.15, -0.1) is 0 Å². The monoisotopic (exact) mass is 292 g/mol. The lowest BCUT2D eigenvalue weighted by Crippen LogP contribution is -2.37. The van der Waals surface area contributed by atoms with Gasteiger partial charge in [-0.1, -0.05) is 27.2 Å². The normalized spacial score (nSPS) is 19.0. The zero-order chi connectivity index (χ0) is 15.3. The van der Waals surface area contributed by atoms with E-state index in [2.05, 4.69) is 44.0 Å². The van der Waals surface area contributed by atoms with Crippen molar-refractivity contribution in [3.05, 3.63) is 23.2 Å². The van der Waals surface area contributed by atoms with Crippen LogP contribution in [-0.2, 0) is 13.1 Å². The van der Waals surface area contributed by atoms with Gasteiger partial charge in [-0.05, 0) is 62.9 Å². The SMILES string of the molecule is CCCNCc1oc(CN2CCC(C)(CC)CC2)cc1C. The van der Waals surface area contributed by atoms with Gasteiger partial charge in [0.25, 0.3) is 0 Å². The maximum absolute atomic E-state index is 6.04. The lowest BCUT2D eigenvalue weighted by atomic mass is 9.78. The van der Waals surface area contributed by atoms with E-state index < -0.39 is 0 Å². The standard InChI is InChI=1S/C18H32N2O/c1-5-9-19-13-17-15(3)12-16(21-17)14-20-10-7-18(4,6-2)8-11-20/h12,19H,5-11,13-14H2,1-4H3. The molecule has 1 aliphatic rings. The van der Waals surface area contributed by atoms with Crippen molar-refractivity contribution in [2.24, 2.45) is 5.41 Å². The topological polar surface area (TPSA) is 28.4 Å². The molecular formula is C18H32N2O. The molecule has 0 unspecified atom stereocenters. The van der Waals surface area contributed by atoms with Crippen molar-refractivity contribution >= 4 is 0 Å². The molecule has 3 nitrogen and oxygen atoms in total. The van der Waals surface area contributed by atoms with Crippen molar-refractivity contribution in [1.82, 2.24) is 10.2 Å². The highest BCUT2D eigenvalue weighted by Crippen LogP contribution is 2.34. The van der Waals surface area contributed by atoms with E-state index in [0.29, 0.717) is 5.41 Å². The van der Waals surface area contributed by atoms with Crippen LogP contribution < -0.4 is 5.32 Å². The van der Waals surface area contributed by atoms with E-state index in [1.807, 2.05) is 0 Å². The molecule has 0 atom stereocenters. The van der Waals surface area contributed by atoms with Crippen LogP contribution in [0.15, 0.2) is 10.5 Å². The third-order valence-corrected chi connectivity index (χ3v) is 5.08. The third kappa shape index (κ3) is 4.58. The minimum Gasteiger partial charge on any atom is -0.463 e. The van der Waals surface area contributed by atoms with Gasteiger partial charge >= 0.3 is 0 Å². The summed E-state index contributed by atoms with van der Waals surface area (Å²) in [7, 11) is 0. The molecule has 21 heavy (non-hydrogen) atoms. The Morgan fingerprint density at radius 2 is 2.00 bits per heavy atom. The first-order valence-corrected chi connectivity index (χ1v) is 8.57. The molecule has 1 aromatic rings. The molecule has 0 saturated carbocycles. The van der Waals surface area contributed by atoms with Gasteiger partial charge < -0.3 is 9.73 Å². The molecule has 2 heterocycles. The summed E-state index contributed by atoms with van der Waals surface area (Å²) in [6.07, 6.45) is 5.09. The molecule has 0 bridgehead atoms. The highest BCUT2D eigenvalue weighted by molar-refractivity contribution is 5.20. The minimum atomic E-state index is 0.560. The molecule has 1 N–H and O–H groups in total. The summed E-state index contributed by atoms with van der Waals surface area (Å²) in [5.74, 6) is 2.23. The fourth-order valence-corrected chi connectivity index (χ4v) is 3.05. The molecule has 1 aromatic heterocycles. The Balaban J connectivity index is 1.85. The summed E-state index contributed by atoms with van der Waals surface area (Å²) in [4.78, 5) is 2.54. The van der Waals surface area contributed by atoms with Crippen LogP contribution in [0.2, 0.25) is 0 Å². The summed E-state index contributed by atoms with van der Waals surface area (Å²) in [6, 6.07) is 2.22. The zero-order valence-corrected chi connectivity index (χ0v) is 14.3. The minimum absolute atomic E-state index is 0.560. The van der Waals surface area contributed by atoms with Crippen LogP contribution in [0.5, 0.6) is 0 Å². The Bertz CT molecular complexity index is 430. The van der Waals surface area contributed by atoms with Crippen molar-refractivity contribution in [3.8, 4) is 0 Å². The van der Waals surface area contributed by atoms with Gasteiger partial charge in [0.2, 0.25) is 0 Å². The molecule has 0 aromatic carbocycles. The molecule has 0 aliphatic carbocycles. The van der Waals surface area contributed by atoms with Crippen molar-refractivity contribution in [2.45, 2.75) is 66.5 Å². The van der Waals surface area contributed by atoms with E-state index in [1.165, 1.54) is 37.9 Å². The molecule has 0 spiro atoms. The van der Waals surface area contributed by atoms with Crippen molar-refractivity contribution in [3.63, 3.8) is 0 Å². The van der Waals surface area contributed by atoms with Gasteiger partial charge in [-0.3, -0.25) is 4.90 Å². The Morgan fingerprint density at radius 3 is 2.62 bits per heavy atom. The van der Waals surface area contributed by atoms with Crippen molar-refractivity contribution in [1.29, 1.82) is 0 Å². The van der Waals surface area contributed by atoms with Gasteiger partial charge in [-0.25, -0.2) is 0 Å². The molecule has 1 aliphatic heterocycles. The van der Waals surface area contributed by atoms with Crippen molar-refractivity contribution in [2.75, 3.05) is 19.6 Å². The first kappa shape index (κ1) is 16.6. The number of piperidine rings is 1. The molecule has 0 radical (unpaired) electrons. The van der Waals surface area contributed by atoms with Gasteiger partial charge in [0.05, 0.1) is 13.1 Å². The molecule has 120 valence electrons. The smallest absolute Gasteiger partial charge is 0.120 e. The predicted molar refractivity (Wildman–Crippen MR) is 88.4 cm³/mol.